The molecule has 0 amide bonds. The smallest absolute Gasteiger partial charge is 0.187 e. The van der Waals surface area contributed by atoms with Gasteiger partial charge in [-0.1, -0.05) is 25.5 Å². The summed E-state index contributed by atoms with van der Waals surface area (Å²) in [6, 6.07) is 0. The average molecular weight is 959 g/mol. The molecule has 0 aromatic heterocycles. The third-order valence-corrected chi connectivity index (χ3v) is 17.6. The second-order valence-corrected chi connectivity index (χ2v) is 21.3. The number of rotatable bonds is 13. The molecule has 7 N–H and O–H groups in total. The summed E-state index contributed by atoms with van der Waals surface area (Å²) in [6.45, 7) is 10.5. The highest BCUT2D eigenvalue weighted by atomic mass is 16.8. The second kappa shape index (κ2) is 19.9. The van der Waals surface area contributed by atoms with Crippen molar-refractivity contribution in [3.05, 3.63) is 11.6 Å². The lowest BCUT2D eigenvalue weighted by atomic mass is 9.43. The molecule has 67 heavy (non-hydrogen) atoms. The lowest BCUT2D eigenvalue weighted by Crippen LogP contribution is -2.75. The SMILES string of the molecule is CO[C@H]1C[C@H](O[C@H]2CC[C@@]3(C)C(=CC[C@]4(O)[C@@H]3[C@H](O)C[C@]3(C)[C@@H](C(C)=O)CC[C@@]34O)C2)O[C@H](C)[C@H]1O[C@H]1C[C@H](OC)[C@H](O[C@H]2C[C@@H](OC)[C@@H](O[C@@H]3O[C@H](CO)[C@@H](O)[C@H](O)[C@H]3O)[C@@H](C)O2)[C@@H](C)O1. The summed E-state index contributed by atoms with van der Waals surface area (Å²) in [5.74, 6) is -1.02. The van der Waals surface area contributed by atoms with E-state index in [9.17, 15) is 40.5 Å². The number of ether oxygens (including phenoxy) is 11. The van der Waals surface area contributed by atoms with Crippen molar-refractivity contribution in [3.8, 4) is 0 Å². The van der Waals surface area contributed by atoms with Gasteiger partial charge in [-0.3, -0.25) is 4.79 Å². The van der Waals surface area contributed by atoms with Crippen molar-refractivity contribution in [2.75, 3.05) is 27.9 Å². The quantitative estimate of drug-likeness (QED) is 0.128. The zero-order chi connectivity index (χ0) is 48.5. The fraction of sp³-hybridized carbons (Fsp3) is 0.938. The van der Waals surface area contributed by atoms with Crippen LogP contribution in [0.5, 0.6) is 0 Å². The Morgan fingerprint density at radius 3 is 1.75 bits per heavy atom. The van der Waals surface area contributed by atoms with Gasteiger partial charge >= 0.3 is 0 Å². The second-order valence-electron chi connectivity index (χ2n) is 21.3. The molecule has 4 aliphatic heterocycles. The normalized spacial score (nSPS) is 53.6. The van der Waals surface area contributed by atoms with Gasteiger partial charge in [0.05, 0.1) is 55.4 Å². The standard InChI is InChI=1S/C48H78O19/c1-22(50)28-12-15-48(56)46(28,6)20-29(51)43-45(5)13-11-27(16-26(45)10-14-47(43,48)55)63-34-17-30(57-7)40(23(2)60-34)65-35-18-31(58-8)41(24(3)61-35)66-36-19-32(59-9)42(25(4)62-36)67-44-39(54)38(53)37(52)33(21-49)64-44/h10,23-25,27-44,49,51-56H,11-21H2,1-9H3/t23-,24-,25-,27+,28-,29-,30+,31+,32-,33-,34+,35+,36+,37-,38+,39-,40-,41-,42+,43-,44+,45+,46-,47+,48-/m1/s1. The van der Waals surface area contributed by atoms with E-state index in [-0.39, 0.29) is 37.3 Å². The maximum atomic E-state index is 12.7. The number of carbonyl (C=O) groups excluding carboxylic acids is 1. The van der Waals surface area contributed by atoms with E-state index in [0.717, 1.165) is 5.57 Å². The molecule has 4 saturated heterocycles. The van der Waals surface area contributed by atoms with Crippen LogP contribution in [0.25, 0.3) is 0 Å². The van der Waals surface area contributed by atoms with Gasteiger partial charge < -0.3 is 87.9 Å². The number of Topliss-reactive ketones (excluding diaryl/α,β-unsaturated/α-hetero) is 1. The summed E-state index contributed by atoms with van der Waals surface area (Å²) in [6.07, 6.45) is -8.89. The van der Waals surface area contributed by atoms with Crippen LogP contribution in [0.3, 0.4) is 0 Å². The molecule has 0 unspecified atom stereocenters. The van der Waals surface area contributed by atoms with Crippen molar-refractivity contribution in [2.45, 2.75) is 234 Å². The van der Waals surface area contributed by atoms with E-state index in [1.54, 1.807) is 28.1 Å². The van der Waals surface area contributed by atoms with Crippen LogP contribution in [0.2, 0.25) is 0 Å². The number of methoxy groups -OCH3 is 3. The van der Waals surface area contributed by atoms with Crippen molar-refractivity contribution in [1.82, 2.24) is 0 Å². The first kappa shape index (κ1) is 52.0. The summed E-state index contributed by atoms with van der Waals surface area (Å²) >= 11 is 0. The highest BCUT2D eigenvalue weighted by molar-refractivity contribution is 5.80. The zero-order valence-electron chi connectivity index (χ0n) is 40.5. The topological polar surface area (TPSA) is 260 Å². The van der Waals surface area contributed by atoms with Crippen LogP contribution in [0.15, 0.2) is 11.6 Å². The molecule has 0 aromatic carbocycles. The molecule has 19 nitrogen and oxygen atoms in total. The lowest BCUT2D eigenvalue weighted by Gasteiger charge is -2.66. The van der Waals surface area contributed by atoms with E-state index in [0.29, 0.717) is 44.9 Å². The number of ketones is 1. The number of fused-ring (bicyclic) bond motifs is 5. The van der Waals surface area contributed by atoms with E-state index in [1.807, 2.05) is 26.8 Å². The predicted octanol–water partition coefficient (Wildman–Crippen LogP) is 1.15. The largest absolute Gasteiger partial charge is 0.394 e. The van der Waals surface area contributed by atoms with Gasteiger partial charge in [-0.05, 0) is 78.1 Å². The number of aliphatic hydroxyl groups is 7. The minimum absolute atomic E-state index is 0.0135. The summed E-state index contributed by atoms with van der Waals surface area (Å²) in [5, 5.41) is 77.5. The molecular formula is C48H78O19. The molecular weight excluding hydrogens is 881 g/mol. The molecule has 0 radical (unpaired) electrons. The van der Waals surface area contributed by atoms with E-state index in [2.05, 4.69) is 6.92 Å². The van der Waals surface area contributed by atoms with Crippen molar-refractivity contribution in [2.24, 2.45) is 22.7 Å². The van der Waals surface area contributed by atoms with Crippen molar-refractivity contribution < 1.29 is 92.6 Å². The summed E-state index contributed by atoms with van der Waals surface area (Å²) in [4.78, 5) is 12.7. The van der Waals surface area contributed by atoms with Crippen molar-refractivity contribution >= 4 is 5.78 Å². The molecule has 8 aliphatic rings. The van der Waals surface area contributed by atoms with Gasteiger partial charge in [-0.2, -0.15) is 0 Å². The Labute approximate surface area is 393 Å². The summed E-state index contributed by atoms with van der Waals surface area (Å²) in [7, 11) is 4.75. The molecule has 19 heteroatoms. The molecule has 8 rings (SSSR count). The molecule has 4 aliphatic carbocycles. The van der Waals surface area contributed by atoms with E-state index in [4.69, 9.17) is 52.1 Å². The molecule has 384 valence electrons. The van der Waals surface area contributed by atoms with Crippen molar-refractivity contribution in [3.63, 3.8) is 0 Å². The van der Waals surface area contributed by atoms with Crippen LogP contribution < -0.4 is 0 Å². The van der Waals surface area contributed by atoms with Gasteiger partial charge in [0.2, 0.25) is 0 Å². The number of aliphatic hydroxyl groups excluding tert-OH is 5. The molecule has 0 spiro atoms. The molecule has 7 fully saturated rings. The van der Waals surface area contributed by atoms with Crippen LogP contribution >= 0.6 is 0 Å². The van der Waals surface area contributed by atoms with Crippen LogP contribution in [0, 0.1) is 22.7 Å². The fourth-order valence-electron chi connectivity index (χ4n) is 14.0. The van der Waals surface area contributed by atoms with E-state index in [1.165, 1.54) is 7.11 Å². The Balaban J connectivity index is 0.847. The minimum Gasteiger partial charge on any atom is -0.394 e. The maximum absolute atomic E-state index is 12.7. The fourth-order valence-corrected chi connectivity index (χ4v) is 14.0. The Morgan fingerprint density at radius 1 is 0.716 bits per heavy atom. The highest BCUT2D eigenvalue weighted by Gasteiger charge is 2.75. The van der Waals surface area contributed by atoms with Gasteiger partial charge in [0.1, 0.15) is 59.7 Å². The van der Waals surface area contributed by atoms with Gasteiger partial charge in [-0.15, -0.1) is 0 Å². The minimum atomic E-state index is -1.59. The molecule has 0 bridgehead atoms. The zero-order valence-corrected chi connectivity index (χ0v) is 40.5. The summed E-state index contributed by atoms with van der Waals surface area (Å²) in [5.41, 5.74) is -3.46. The summed E-state index contributed by atoms with van der Waals surface area (Å²) < 4.78 is 68.3. The first-order valence-electron chi connectivity index (χ1n) is 24.5. The third kappa shape index (κ3) is 9.04. The van der Waals surface area contributed by atoms with Crippen molar-refractivity contribution in [1.29, 1.82) is 0 Å². The van der Waals surface area contributed by atoms with Crippen LogP contribution in [0.1, 0.15) is 106 Å². The van der Waals surface area contributed by atoms with Gasteiger partial charge in [0, 0.05) is 57.8 Å². The maximum Gasteiger partial charge on any atom is 0.187 e. The molecule has 0 aromatic rings. The van der Waals surface area contributed by atoms with E-state index < -0.39 is 145 Å². The average Bonchev–Trinajstić information content (AvgIpc) is 3.56. The van der Waals surface area contributed by atoms with Gasteiger partial charge in [0.25, 0.3) is 0 Å². The monoisotopic (exact) mass is 959 g/mol. The van der Waals surface area contributed by atoms with Crippen LogP contribution in [0.4, 0.5) is 0 Å². The predicted molar refractivity (Wildman–Crippen MR) is 233 cm³/mol. The Bertz CT molecular complexity index is 1750. The van der Waals surface area contributed by atoms with Gasteiger partial charge in [-0.25, -0.2) is 0 Å². The Morgan fingerprint density at radius 2 is 1.24 bits per heavy atom. The highest BCUT2D eigenvalue weighted by Crippen LogP contribution is 2.69. The number of hydrogen-bond donors (Lipinski definition) is 7. The Kier molecular flexibility index (Phi) is 15.5. The first-order valence-corrected chi connectivity index (χ1v) is 24.5. The lowest BCUT2D eigenvalue weighted by molar-refractivity contribution is -0.357. The third-order valence-electron chi connectivity index (χ3n) is 17.6. The first-order chi connectivity index (χ1) is 31.7. The number of hydrogen-bond acceptors (Lipinski definition) is 19. The molecule has 3 saturated carbocycles. The Hall–Kier alpha value is -1.31. The van der Waals surface area contributed by atoms with E-state index >= 15 is 0 Å². The van der Waals surface area contributed by atoms with Gasteiger partial charge in [0.15, 0.2) is 25.2 Å². The molecule has 25 atom stereocenters. The van der Waals surface area contributed by atoms with Crippen LogP contribution in [-0.2, 0) is 56.9 Å². The van der Waals surface area contributed by atoms with Crippen LogP contribution in [-0.4, -0.2) is 197 Å². The number of carbonyl (C=O) groups is 1. The molecule has 4 heterocycles.